The van der Waals surface area contributed by atoms with Crippen LogP contribution in [0.2, 0.25) is 0 Å². The van der Waals surface area contributed by atoms with Gasteiger partial charge in [-0.2, -0.15) is 16.8 Å². The first-order valence-corrected chi connectivity index (χ1v) is 7.43. The van der Waals surface area contributed by atoms with Crippen molar-refractivity contribution in [1.29, 1.82) is 0 Å². The van der Waals surface area contributed by atoms with Crippen LogP contribution in [0.25, 0.3) is 4.91 Å². The normalized spacial score (nSPS) is 13.6. The van der Waals surface area contributed by atoms with Crippen molar-refractivity contribution < 1.29 is 25.9 Å². The second-order valence-corrected chi connectivity index (χ2v) is 6.05. The highest BCUT2D eigenvalue weighted by Crippen LogP contribution is 2.19. The summed E-state index contributed by atoms with van der Waals surface area (Å²) < 4.78 is 60.7. The molecule has 0 unspecified atom stereocenters. The molecule has 94 valence electrons. The van der Waals surface area contributed by atoms with Gasteiger partial charge >= 0.3 is 0 Å². The van der Waals surface area contributed by atoms with E-state index in [1.165, 1.54) is 24.3 Å². The zero-order chi connectivity index (χ0) is 13.1. The molecule has 0 heterocycles. The minimum absolute atomic E-state index is 0.138. The van der Waals surface area contributed by atoms with Gasteiger partial charge in [-0.05, 0) is 11.6 Å². The van der Waals surface area contributed by atoms with E-state index in [4.69, 9.17) is 9.11 Å². The van der Waals surface area contributed by atoms with E-state index in [-0.39, 0.29) is 5.56 Å². The molecule has 6 nitrogen and oxygen atoms in total. The number of rotatable bonds is 4. The molecule has 0 spiro atoms. The lowest BCUT2D eigenvalue weighted by atomic mass is 10.2. The highest BCUT2D eigenvalue weighted by molar-refractivity contribution is 7.95. The third-order valence-electron chi connectivity index (χ3n) is 1.82. The lowest BCUT2D eigenvalue weighted by Crippen LogP contribution is -2.06. The zero-order valence-corrected chi connectivity index (χ0v) is 10.1. The Labute approximate surface area is 99.1 Å². The van der Waals surface area contributed by atoms with E-state index in [9.17, 15) is 16.8 Å². The maximum Gasteiger partial charge on any atom is 0.294 e. The Balaban J connectivity index is 3.25. The Bertz CT molecular complexity index is 613. The smallest absolute Gasteiger partial charge is 0.285 e. The monoisotopic (exact) mass is 278 g/mol. The van der Waals surface area contributed by atoms with Crippen LogP contribution in [0, 0.1) is 0 Å². The summed E-state index contributed by atoms with van der Waals surface area (Å²) in [5.41, 5.74) is 0.138. The van der Waals surface area contributed by atoms with Crippen LogP contribution >= 0.6 is 0 Å². The molecule has 0 aliphatic rings. The molecule has 0 saturated carbocycles. The quantitative estimate of drug-likeness (QED) is 0.789. The Kier molecular flexibility index (Phi) is 4.04. The lowest BCUT2D eigenvalue weighted by Gasteiger charge is -2.03. The van der Waals surface area contributed by atoms with Crippen LogP contribution < -0.4 is 0 Å². The molecule has 8 heteroatoms. The first kappa shape index (κ1) is 13.8. The number of hydrogen-bond acceptors (Lipinski definition) is 4. The molecule has 0 aliphatic carbocycles. The van der Waals surface area contributed by atoms with Crippen molar-refractivity contribution >= 4 is 25.1 Å². The second-order valence-electron chi connectivity index (χ2n) is 3.16. The van der Waals surface area contributed by atoms with Crippen molar-refractivity contribution in [3.8, 4) is 0 Å². The lowest BCUT2D eigenvalue weighted by molar-refractivity contribution is 0.487. The minimum Gasteiger partial charge on any atom is -0.285 e. The molecule has 0 atom stereocenters. The van der Waals surface area contributed by atoms with Gasteiger partial charge in [0.05, 0.1) is 10.7 Å². The van der Waals surface area contributed by atoms with Crippen molar-refractivity contribution in [2.24, 2.45) is 0 Å². The molecule has 0 aromatic heterocycles. The average Bonchev–Trinajstić information content (AvgIpc) is 2.15. The van der Waals surface area contributed by atoms with Crippen molar-refractivity contribution in [2.75, 3.05) is 5.75 Å². The van der Waals surface area contributed by atoms with Crippen LogP contribution in [0.3, 0.4) is 0 Å². The van der Waals surface area contributed by atoms with E-state index in [0.29, 0.717) is 0 Å². The van der Waals surface area contributed by atoms with Crippen molar-refractivity contribution in [3.05, 3.63) is 42.0 Å². The van der Waals surface area contributed by atoms with E-state index in [1.807, 2.05) is 0 Å². The van der Waals surface area contributed by atoms with Gasteiger partial charge in [-0.1, -0.05) is 30.3 Å². The molecule has 2 N–H and O–H groups in total. The number of benzene rings is 1. The van der Waals surface area contributed by atoms with Crippen LogP contribution in [0.1, 0.15) is 5.56 Å². The Morgan fingerprint density at radius 1 is 1.06 bits per heavy atom. The summed E-state index contributed by atoms with van der Waals surface area (Å²) in [6, 6.07) is 7.48. The topological polar surface area (TPSA) is 109 Å². The van der Waals surface area contributed by atoms with E-state index >= 15 is 0 Å². The van der Waals surface area contributed by atoms with E-state index < -0.39 is 30.9 Å². The summed E-state index contributed by atoms with van der Waals surface area (Å²) >= 11 is 0. The van der Waals surface area contributed by atoms with Gasteiger partial charge in [0.25, 0.3) is 20.2 Å². The summed E-state index contributed by atoms with van der Waals surface area (Å²) in [4.78, 5) is -0.560. The van der Waals surface area contributed by atoms with E-state index in [0.717, 1.165) is 6.08 Å². The van der Waals surface area contributed by atoms with Crippen LogP contribution in [-0.2, 0) is 20.2 Å². The summed E-state index contributed by atoms with van der Waals surface area (Å²) in [6.07, 6.45) is 0.736. The van der Waals surface area contributed by atoms with Gasteiger partial charge in [0.2, 0.25) is 0 Å². The molecule has 0 saturated heterocycles. The highest BCUT2D eigenvalue weighted by Gasteiger charge is 2.17. The van der Waals surface area contributed by atoms with E-state index in [1.54, 1.807) is 6.07 Å². The Morgan fingerprint density at radius 2 is 1.59 bits per heavy atom. The van der Waals surface area contributed by atoms with Gasteiger partial charge < -0.3 is 0 Å². The van der Waals surface area contributed by atoms with Gasteiger partial charge in [-0.15, -0.1) is 0 Å². The fraction of sp³-hybridized carbons (Fsp3) is 0.111. The van der Waals surface area contributed by atoms with Crippen molar-refractivity contribution in [2.45, 2.75) is 0 Å². The summed E-state index contributed by atoms with van der Waals surface area (Å²) in [5, 5.41) is 0. The molecule has 1 aromatic rings. The Morgan fingerprint density at radius 3 is 2.00 bits per heavy atom. The first-order valence-electron chi connectivity index (χ1n) is 4.38. The van der Waals surface area contributed by atoms with Crippen molar-refractivity contribution in [3.63, 3.8) is 0 Å². The number of hydrogen-bond donors (Lipinski definition) is 2. The van der Waals surface area contributed by atoms with Crippen LogP contribution in [-0.4, -0.2) is 31.7 Å². The van der Waals surface area contributed by atoms with Gasteiger partial charge in [0, 0.05) is 0 Å². The molecule has 0 bridgehead atoms. The Hall–Kier alpha value is -1.22. The highest BCUT2D eigenvalue weighted by atomic mass is 32.2. The second kappa shape index (κ2) is 4.96. The molecule has 0 radical (unpaired) electrons. The summed E-state index contributed by atoms with van der Waals surface area (Å²) in [6.45, 7) is 0. The zero-order valence-electron chi connectivity index (χ0n) is 8.52. The molecule has 1 rings (SSSR count). The maximum atomic E-state index is 11.1. The molecule has 17 heavy (non-hydrogen) atoms. The predicted molar refractivity (Wildman–Crippen MR) is 62.4 cm³/mol. The molecule has 0 fully saturated rings. The summed E-state index contributed by atoms with van der Waals surface area (Å²) in [7, 11) is -8.89. The fourth-order valence-electron chi connectivity index (χ4n) is 1.16. The van der Waals surface area contributed by atoms with Crippen molar-refractivity contribution in [1.82, 2.24) is 0 Å². The fourth-order valence-corrected chi connectivity index (χ4v) is 2.37. The van der Waals surface area contributed by atoms with E-state index in [2.05, 4.69) is 0 Å². The standard InChI is InChI=1S/C9H10O6S2/c10-16(11,12)7-6-9(17(13,14)15)8-4-2-1-3-5-8/h1-6H,7H2,(H,10,11,12)(H,13,14,15). The van der Waals surface area contributed by atoms with Gasteiger partial charge in [0.15, 0.2) is 0 Å². The van der Waals surface area contributed by atoms with Gasteiger partial charge in [-0.3, -0.25) is 9.11 Å². The van der Waals surface area contributed by atoms with Crippen LogP contribution in [0.15, 0.2) is 36.4 Å². The van der Waals surface area contributed by atoms with Gasteiger partial charge in [-0.25, -0.2) is 0 Å². The average molecular weight is 278 g/mol. The van der Waals surface area contributed by atoms with Gasteiger partial charge in [0.1, 0.15) is 0 Å². The summed E-state index contributed by atoms with van der Waals surface area (Å²) in [5.74, 6) is -0.892. The third-order valence-corrected chi connectivity index (χ3v) is 3.36. The first-order chi connectivity index (χ1) is 7.70. The molecular weight excluding hydrogens is 268 g/mol. The third kappa shape index (κ3) is 4.65. The van der Waals surface area contributed by atoms with Crippen LogP contribution in [0.5, 0.6) is 0 Å². The maximum absolute atomic E-state index is 11.1. The molecular formula is C9H10O6S2. The molecule has 0 amide bonds. The largest absolute Gasteiger partial charge is 0.294 e. The minimum atomic E-state index is -4.55. The SMILES string of the molecule is O=S(=O)(O)CC=C(c1ccccc1)S(=O)(=O)O. The molecule has 1 aromatic carbocycles. The molecule has 0 aliphatic heterocycles. The predicted octanol–water partition coefficient (Wildman–Crippen LogP) is 0.803. The van der Waals surface area contributed by atoms with Crippen LogP contribution in [0.4, 0.5) is 0 Å².